The highest BCUT2D eigenvalue weighted by Crippen LogP contribution is 2.57. The summed E-state index contributed by atoms with van der Waals surface area (Å²) in [6.45, 7) is 16.9. The van der Waals surface area contributed by atoms with Crippen LogP contribution >= 0.6 is 0 Å². The van der Waals surface area contributed by atoms with E-state index < -0.39 is 0 Å². The molecule has 140 valence electrons. The fourth-order valence-electron chi connectivity index (χ4n) is 5.43. The van der Waals surface area contributed by atoms with Gasteiger partial charge in [-0.3, -0.25) is 0 Å². The molecule has 1 fully saturated rings. The molecular weight excluding hydrogens is 316 g/mol. The summed E-state index contributed by atoms with van der Waals surface area (Å²) in [5, 5.41) is 3.44. The Hall–Kier alpha value is -1.80. The first-order chi connectivity index (χ1) is 12.3. The maximum atomic E-state index is 6.15. The molecule has 2 aliphatic carbocycles. The second kappa shape index (κ2) is 7.08. The van der Waals surface area contributed by atoms with Crippen molar-refractivity contribution in [3.05, 3.63) is 66.9 Å². The maximum Gasteiger partial charge on any atom is 0.0476 e. The van der Waals surface area contributed by atoms with Gasteiger partial charge in [-0.1, -0.05) is 45.1 Å². The molecular formula is C24H34N2. The van der Waals surface area contributed by atoms with E-state index in [1.54, 1.807) is 0 Å². The average Bonchev–Trinajstić information content (AvgIpc) is 2.62. The number of nitrogens with two attached hydrogens (primary N) is 1. The zero-order chi connectivity index (χ0) is 18.9. The molecule has 1 saturated carbocycles. The van der Waals surface area contributed by atoms with Gasteiger partial charge < -0.3 is 11.1 Å². The lowest BCUT2D eigenvalue weighted by Gasteiger charge is -2.54. The predicted octanol–water partition coefficient (Wildman–Crippen LogP) is 5.71. The number of rotatable bonds is 6. The van der Waals surface area contributed by atoms with Crippen molar-refractivity contribution in [3.8, 4) is 0 Å². The monoisotopic (exact) mass is 350 g/mol. The number of benzene rings is 1. The second-order valence-electron chi connectivity index (χ2n) is 8.73. The molecule has 3 N–H and O–H groups in total. The van der Waals surface area contributed by atoms with E-state index in [-0.39, 0.29) is 16.9 Å². The van der Waals surface area contributed by atoms with Gasteiger partial charge in [0.25, 0.3) is 0 Å². The maximum absolute atomic E-state index is 6.15. The van der Waals surface area contributed by atoms with Gasteiger partial charge in [0.2, 0.25) is 0 Å². The topological polar surface area (TPSA) is 38.0 Å². The van der Waals surface area contributed by atoms with E-state index in [0.717, 1.165) is 24.2 Å². The molecule has 0 bridgehead atoms. The van der Waals surface area contributed by atoms with Crippen LogP contribution in [0.5, 0.6) is 0 Å². The predicted molar refractivity (Wildman–Crippen MR) is 113 cm³/mol. The molecule has 0 aromatic heterocycles. The Labute approximate surface area is 159 Å². The highest BCUT2D eigenvalue weighted by molar-refractivity contribution is 5.55. The number of fused-ring (bicyclic) bond motifs is 3. The first-order valence-corrected chi connectivity index (χ1v) is 9.93. The molecule has 2 heteroatoms. The number of aryl methyl sites for hydroxylation is 1. The summed E-state index contributed by atoms with van der Waals surface area (Å²) in [6.07, 6.45) is 11.0. The molecule has 0 amide bonds. The summed E-state index contributed by atoms with van der Waals surface area (Å²) in [5.74, 6) is 0.662. The summed E-state index contributed by atoms with van der Waals surface area (Å²) in [7, 11) is 0. The quantitative estimate of drug-likeness (QED) is 0.645. The van der Waals surface area contributed by atoms with Gasteiger partial charge in [-0.2, -0.15) is 0 Å². The van der Waals surface area contributed by atoms with E-state index in [9.17, 15) is 0 Å². The van der Waals surface area contributed by atoms with Crippen LogP contribution in [0.3, 0.4) is 0 Å². The highest BCUT2D eigenvalue weighted by Gasteiger charge is 2.50. The lowest BCUT2D eigenvalue weighted by atomic mass is 9.50. The van der Waals surface area contributed by atoms with E-state index in [1.807, 2.05) is 6.08 Å². The minimum absolute atomic E-state index is 0.106. The van der Waals surface area contributed by atoms with Crippen LogP contribution in [0.2, 0.25) is 0 Å². The summed E-state index contributed by atoms with van der Waals surface area (Å²) in [5.41, 5.74) is 11.6. The normalized spacial score (nSPS) is 31.3. The van der Waals surface area contributed by atoms with Crippen molar-refractivity contribution in [1.29, 1.82) is 0 Å². The molecule has 4 atom stereocenters. The summed E-state index contributed by atoms with van der Waals surface area (Å²) in [6, 6.07) is 6.71. The Morgan fingerprint density at radius 2 is 2.12 bits per heavy atom. The third-order valence-corrected chi connectivity index (χ3v) is 7.04. The van der Waals surface area contributed by atoms with Crippen LogP contribution in [0.15, 0.2) is 55.8 Å². The molecule has 0 spiro atoms. The molecule has 2 aliphatic rings. The van der Waals surface area contributed by atoms with Crippen molar-refractivity contribution >= 4 is 5.69 Å². The molecule has 0 radical (unpaired) electrons. The van der Waals surface area contributed by atoms with E-state index in [1.165, 1.54) is 36.8 Å². The number of allylic oxidation sites excluding steroid dienone is 1. The zero-order valence-corrected chi connectivity index (χ0v) is 16.5. The molecule has 2 nitrogen and oxygen atoms in total. The number of anilines is 1. The number of nitrogens with one attached hydrogen (secondary N) is 1. The fourth-order valence-corrected chi connectivity index (χ4v) is 5.43. The van der Waals surface area contributed by atoms with Crippen molar-refractivity contribution in [2.24, 2.45) is 17.1 Å². The number of hydrogen-bond donors (Lipinski definition) is 2. The van der Waals surface area contributed by atoms with Crippen molar-refractivity contribution in [3.63, 3.8) is 0 Å². The Morgan fingerprint density at radius 1 is 1.35 bits per heavy atom. The van der Waals surface area contributed by atoms with Crippen molar-refractivity contribution in [1.82, 2.24) is 0 Å². The molecule has 0 heterocycles. The standard InChI is InChI=1S/C24H34N2/c1-6-9-21(25)17(3)26-19-12-10-18-11-13-22-23(4,7-2)14-8-15-24(22,5)20(18)16-19/h6-7,10,12,16,21-22,26H,1-3,8-9,11,13-15,25H2,4-5H3/t21?,22?,23-,24?/m0/s1. The van der Waals surface area contributed by atoms with Gasteiger partial charge in [0, 0.05) is 17.4 Å². The van der Waals surface area contributed by atoms with Gasteiger partial charge in [-0.05, 0) is 72.1 Å². The van der Waals surface area contributed by atoms with Crippen LogP contribution in [-0.4, -0.2) is 6.04 Å². The number of hydrogen-bond acceptors (Lipinski definition) is 2. The van der Waals surface area contributed by atoms with Crippen molar-refractivity contribution < 1.29 is 0 Å². The molecule has 0 aliphatic heterocycles. The van der Waals surface area contributed by atoms with Gasteiger partial charge in [-0.25, -0.2) is 0 Å². The van der Waals surface area contributed by atoms with Gasteiger partial charge in [0.1, 0.15) is 0 Å². The molecule has 3 unspecified atom stereocenters. The first kappa shape index (κ1) is 19.0. The van der Waals surface area contributed by atoms with Gasteiger partial charge in [-0.15, -0.1) is 13.2 Å². The van der Waals surface area contributed by atoms with Crippen LogP contribution in [0.25, 0.3) is 0 Å². The second-order valence-corrected chi connectivity index (χ2v) is 8.73. The van der Waals surface area contributed by atoms with Crippen molar-refractivity contribution in [2.45, 2.75) is 63.8 Å². The molecule has 1 aromatic rings. The summed E-state index contributed by atoms with van der Waals surface area (Å²) >= 11 is 0. The smallest absolute Gasteiger partial charge is 0.0476 e. The van der Waals surface area contributed by atoms with E-state index in [0.29, 0.717) is 5.92 Å². The SMILES string of the molecule is C=CCC(N)C(=C)Nc1ccc2c(c1)C1(C)CCC[C@](C)(C=C)C1CC2. The van der Waals surface area contributed by atoms with Gasteiger partial charge >= 0.3 is 0 Å². The Kier molecular flexibility index (Phi) is 5.16. The van der Waals surface area contributed by atoms with E-state index in [4.69, 9.17) is 5.73 Å². The summed E-state index contributed by atoms with van der Waals surface area (Å²) in [4.78, 5) is 0. The van der Waals surface area contributed by atoms with Crippen LogP contribution in [0.1, 0.15) is 57.1 Å². The molecule has 3 rings (SSSR count). The molecule has 26 heavy (non-hydrogen) atoms. The Bertz CT molecular complexity index is 719. The highest BCUT2D eigenvalue weighted by atomic mass is 14.9. The third-order valence-electron chi connectivity index (χ3n) is 7.04. The van der Waals surface area contributed by atoms with E-state index in [2.05, 4.69) is 63.2 Å². The van der Waals surface area contributed by atoms with Gasteiger partial charge in [0.15, 0.2) is 0 Å². The first-order valence-electron chi connectivity index (χ1n) is 9.93. The van der Waals surface area contributed by atoms with Crippen molar-refractivity contribution in [2.75, 3.05) is 5.32 Å². The average molecular weight is 351 g/mol. The minimum Gasteiger partial charge on any atom is -0.358 e. The Morgan fingerprint density at radius 3 is 2.81 bits per heavy atom. The van der Waals surface area contributed by atoms with Crippen LogP contribution in [0.4, 0.5) is 5.69 Å². The summed E-state index contributed by atoms with van der Waals surface area (Å²) < 4.78 is 0. The van der Waals surface area contributed by atoms with Crippen LogP contribution in [0, 0.1) is 11.3 Å². The lowest BCUT2D eigenvalue weighted by Crippen LogP contribution is -2.48. The lowest BCUT2D eigenvalue weighted by molar-refractivity contribution is 0.0635. The van der Waals surface area contributed by atoms with Crippen LogP contribution < -0.4 is 11.1 Å². The fraction of sp³-hybridized carbons (Fsp3) is 0.500. The zero-order valence-electron chi connectivity index (χ0n) is 16.5. The minimum atomic E-state index is -0.106. The third kappa shape index (κ3) is 3.16. The van der Waals surface area contributed by atoms with Gasteiger partial charge in [0.05, 0.1) is 0 Å². The Balaban J connectivity index is 1.92. The largest absolute Gasteiger partial charge is 0.358 e. The molecule has 1 aromatic carbocycles. The molecule has 0 saturated heterocycles. The van der Waals surface area contributed by atoms with E-state index >= 15 is 0 Å². The van der Waals surface area contributed by atoms with Crippen LogP contribution in [-0.2, 0) is 11.8 Å².